The van der Waals surface area contributed by atoms with Crippen LogP contribution in [0.2, 0.25) is 0 Å². The zero-order chi connectivity index (χ0) is 24.4. The number of hydrogen-bond acceptors (Lipinski definition) is 7. The fourth-order valence-electron chi connectivity index (χ4n) is 4.13. The number of hydrogen-bond donors (Lipinski definition) is 0. The number of nitrogens with zero attached hydrogens (tertiary/aromatic N) is 4. The van der Waals surface area contributed by atoms with Crippen LogP contribution in [0.3, 0.4) is 0 Å². The number of benzene rings is 2. The molecule has 182 valence electrons. The first kappa shape index (κ1) is 22.9. The monoisotopic (exact) mass is 484 g/mol. The van der Waals surface area contributed by atoms with Crippen LogP contribution >= 0.6 is 0 Å². The lowest BCUT2D eigenvalue weighted by Crippen LogP contribution is -2.29. The summed E-state index contributed by atoms with van der Waals surface area (Å²) < 4.78 is 52.0. The minimum atomic E-state index is -4.75. The van der Waals surface area contributed by atoms with Gasteiger partial charge < -0.3 is 18.6 Å². The topological polar surface area (TPSA) is 77.4 Å². The normalized spacial score (nSPS) is 14.3. The highest BCUT2D eigenvalue weighted by atomic mass is 19.4. The van der Waals surface area contributed by atoms with Crippen molar-refractivity contribution in [3.63, 3.8) is 0 Å². The van der Waals surface area contributed by atoms with Gasteiger partial charge in [0.2, 0.25) is 5.82 Å². The summed E-state index contributed by atoms with van der Waals surface area (Å²) in [4.78, 5) is 11.3. The molecule has 0 spiro atoms. The Kier molecular flexibility index (Phi) is 6.19. The molecule has 2 aromatic carbocycles. The van der Waals surface area contributed by atoms with Crippen LogP contribution in [0.4, 0.5) is 18.9 Å². The lowest BCUT2D eigenvalue weighted by molar-refractivity contribution is -0.274. The minimum absolute atomic E-state index is 0.0898. The van der Waals surface area contributed by atoms with Crippen LogP contribution in [-0.4, -0.2) is 34.6 Å². The summed E-state index contributed by atoms with van der Waals surface area (Å²) in [6.07, 6.45) is -0.442. The Morgan fingerprint density at radius 1 is 0.971 bits per heavy atom. The highest BCUT2D eigenvalue weighted by molar-refractivity contribution is 5.58. The molecular formula is C25H23F3N4O3. The largest absolute Gasteiger partial charge is 0.573 e. The zero-order valence-corrected chi connectivity index (χ0v) is 19.0. The molecule has 10 heteroatoms. The van der Waals surface area contributed by atoms with Crippen molar-refractivity contribution in [1.82, 2.24) is 15.1 Å². The van der Waals surface area contributed by atoms with Crippen LogP contribution in [0, 0.1) is 6.92 Å². The number of rotatable bonds is 6. The molecule has 5 rings (SSSR count). The summed E-state index contributed by atoms with van der Waals surface area (Å²) in [7, 11) is 0. The first-order valence-corrected chi connectivity index (χ1v) is 11.3. The summed E-state index contributed by atoms with van der Waals surface area (Å²) in [5, 5.41) is 3.90. The summed E-state index contributed by atoms with van der Waals surface area (Å²) in [6.45, 7) is 3.99. The van der Waals surface area contributed by atoms with Crippen molar-refractivity contribution in [2.24, 2.45) is 0 Å². The van der Waals surface area contributed by atoms with Crippen molar-refractivity contribution in [2.45, 2.75) is 39.0 Å². The first-order valence-electron chi connectivity index (χ1n) is 11.3. The van der Waals surface area contributed by atoms with Crippen LogP contribution in [0.1, 0.15) is 36.3 Å². The van der Waals surface area contributed by atoms with E-state index in [9.17, 15) is 13.2 Å². The van der Waals surface area contributed by atoms with E-state index < -0.39 is 6.36 Å². The Bertz CT molecular complexity index is 1290. The summed E-state index contributed by atoms with van der Waals surface area (Å²) in [5.41, 5.74) is 3.58. The number of alkyl halides is 3. The van der Waals surface area contributed by atoms with E-state index in [0.29, 0.717) is 17.7 Å². The molecule has 1 fully saturated rings. The minimum Gasteiger partial charge on any atom is -0.438 e. The molecule has 0 N–H and O–H groups in total. The fraction of sp³-hybridized carbons (Fsp3) is 0.320. The van der Waals surface area contributed by atoms with Crippen LogP contribution in [0.5, 0.6) is 5.75 Å². The second-order valence-electron chi connectivity index (χ2n) is 8.41. The van der Waals surface area contributed by atoms with E-state index in [1.165, 1.54) is 49.2 Å². The molecule has 0 aliphatic carbocycles. The Hall–Kier alpha value is -3.82. The number of piperidine rings is 1. The number of anilines is 1. The molecule has 2 aromatic heterocycles. The third-order valence-corrected chi connectivity index (χ3v) is 5.85. The second-order valence-corrected chi connectivity index (χ2v) is 8.41. The van der Waals surface area contributed by atoms with Crippen LogP contribution in [0.15, 0.2) is 57.5 Å². The van der Waals surface area contributed by atoms with Gasteiger partial charge in [0, 0.05) is 30.8 Å². The molecule has 35 heavy (non-hydrogen) atoms. The molecular weight excluding hydrogens is 461 g/mol. The molecule has 1 aliphatic rings. The van der Waals surface area contributed by atoms with Gasteiger partial charge in [0.15, 0.2) is 0 Å². The fourth-order valence-corrected chi connectivity index (χ4v) is 4.13. The van der Waals surface area contributed by atoms with Gasteiger partial charge in [-0.15, -0.1) is 13.2 Å². The SMILES string of the molecule is Cc1oc(-c2nc(-c3ccc(OC(F)(F)F)cc3)no2)nc1Cc1cccc(N2CCCCC2)c1. The molecule has 3 heterocycles. The Morgan fingerprint density at radius 2 is 1.74 bits per heavy atom. The van der Waals surface area contributed by atoms with Crippen molar-refractivity contribution in [3.8, 4) is 28.9 Å². The molecule has 0 bridgehead atoms. The predicted octanol–water partition coefficient (Wildman–Crippen LogP) is 6.18. The van der Waals surface area contributed by atoms with Gasteiger partial charge in [-0.1, -0.05) is 17.3 Å². The maximum Gasteiger partial charge on any atom is 0.573 e. The van der Waals surface area contributed by atoms with Gasteiger partial charge in [0.1, 0.15) is 11.5 Å². The molecule has 7 nitrogen and oxygen atoms in total. The Morgan fingerprint density at radius 3 is 2.49 bits per heavy atom. The molecule has 1 saturated heterocycles. The lowest BCUT2D eigenvalue weighted by Gasteiger charge is -2.29. The molecule has 0 amide bonds. The Balaban J connectivity index is 1.30. The number of halogens is 3. The van der Waals surface area contributed by atoms with Crippen molar-refractivity contribution in [3.05, 3.63) is 65.5 Å². The van der Waals surface area contributed by atoms with Crippen molar-refractivity contribution in [2.75, 3.05) is 18.0 Å². The number of oxazole rings is 1. The van der Waals surface area contributed by atoms with E-state index in [1.807, 2.05) is 6.92 Å². The quantitative estimate of drug-likeness (QED) is 0.323. The van der Waals surface area contributed by atoms with Crippen molar-refractivity contribution >= 4 is 5.69 Å². The van der Waals surface area contributed by atoms with E-state index in [2.05, 4.69) is 49.0 Å². The van der Waals surface area contributed by atoms with Crippen molar-refractivity contribution in [1.29, 1.82) is 0 Å². The van der Waals surface area contributed by atoms with E-state index in [1.54, 1.807) is 0 Å². The van der Waals surface area contributed by atoms with Gasteiger partial charge >= 0.3 is 12.3 Å². The number of ether oxygens (including phenoxy) is 1. The highest BCUT2D eigenvalue weighted by Crippen LogP contribution is 2.28. The van der Waals surface area contributed by atoms with Gasteiger partial charge in [-0.3, -0.25) is 0 Å². The highest BCUT2D eigenvalue weighted by Gasteiger charge is 2.31. The molecule has 0 radical (unpaired) electrons. The van der Waals surface area contributed by atoms with E-state index in [4.69, 9.17) is 8.94 Å². The molecule has 0 unspecified atom stereocenters. The van der Waals surface area contributed by atoms with E-state index in [0.717, 1.165) is 24.3 Å². The van der Waals surface area contributed by atoms with Crippen LogP contribution < -0.4 is 9.64 Å². The average molecular weight is 484 g/mol. The average Bonchev–Trinajstić information content (AvgIpc) is 3.47. The first-order chi connectivity index (χ1) is 16.8. The number of aryl methyl sites for hydroxylation is 1. The number of aromatic nitrogens is 3. The third-order valence-electron chi connectivity index (χ3n) is 5.85. The van der Waals surface area contributed by atoms with Gasteiger partial charge in [-0.25, -0.2) is 4.98 Å². The summed E-state index contributed by atoms with van der Waals surface area (Å²) in [5.74, 6) is 0.803. The van der Waals surface area contributed by atoms with E-state index >= 15 is 0 Å². The van der Waals surface area contributed by atoms with Crippen molar-refractivity contribution < 1.29 is 26.8 Å². The van der Waals surface area contributed by atoms with Gasteiger partial charge in [0.05, 0.1) is 5.69 Å². The summed E-state index contributed by atoms with van der Waals surface area (Å²) >= 11 is 0. The van der Waals surface area contributed by atoms with Gasteiger partial charge in [0.25, 0.3) is 5.89 Å². The zero-order valence-electron chi connectivity index (χ0n) is 19.0. The van der Waals surface area contributed by atoms with Crippen LogP contribution in [-0.2, 0) is 6.42 Å². The van der Waals surface area contributed by atoms with E-state index in [-0.39, 0.29) is 23.4 Å². The molecule has 0 atom stereocenters. The summed E-state index contributed by atoms with van der Waals surface area (Å²) in [6, 6.07) is 13.7. The maximum absolute atomic E-state index is 12.4. The molecule has 1 aliphatic heterocycles. The lowest BCUT2D eigenvalue weighted by atomic mass is 10.1. The van der Waals surface area contributed by atoms with Gasteiger partial charge in [-0.05, 0) is 68.1 Å². The molecule has 4 aromatic rings. The van der Waals surface area contributed by atoms with Gasteiger partial charge in [-0.2, -0.15) is 4.98 Å². The smallest absolute Gasteiger partial charge is 0.438 e. The van der Waals surface area contributed by atoms with Crippen LogP contribution in [0.25, 0.3) is 23.2 Å². The Labute approximate surface area is 199 Å². The third kappa shape index (κ3) is 5.47. The molecule has 0 saturated carbocycles. The predicted molar refractivity (Wildman–Crippen MR) is 122 cm³/mol. The maximum atomic E-state index is 12.4. The second kappa shape index (κ2) is 9.44. The standard InChI is InChI=1S/C25H23F3N4O3/c1-16-21(15-17-6-5-7-19(14-17)32-12-3-2-4-13-32)29-23(33-16)24-30-22(31-35-24)18-8-10-20(11-9-18)34-25(26,27)28/h5-11,14H,2-4,12-13,15H2,1H3.